The number of hydrogen-bond acceptors (Lipinski definition) is 4. The molecule has 0 saturated heterocycles. The van der Waals surface area contributed by atoms with E-state index in [1.54, 1.807) is 0 Å². The zero-order valence-electron chi connectivity index (χ0n) is 8.70. The van der Waals surface area contributed by atoms with Crippen LogP contribution in [0.1, 0.15) is 16.1 Å². The molecule has 0 saturated carbocycles. The minimum absolute atomic E-state index is 0.133. The zero-order valence-corrected chi connectivity index (χ0v) is 11.0. The molecule has 4 nitrogen and oxygen atoms in total. The number of nitrogens with zero attached hydrogens (tertiary/aromatic N) is 2. The smallest absolute Gasteiger partial charge is 0.249 e. The molecule has 2 N–H and O–H groups in total. The van der Waals surface area contributed by atoms with Gasteiger partial charge in [-0.15, -0.1) is 0 Å². The monoisotopic (exact) mass is 287 g/mol. The Balaban J connectivity index is 2.71. The standard InChI is InChI=1S/C10H7Cl2N3OS/c1-4-2-6(17-15-4)8-5(10(13)16)3-7(11)14-9(8)12/h2-3H,1H3,(H2,13,16). The van der Waals surface area contributed by atoms with E-state index in [9.17, 15) is 4.79 Å². The van der Waals surface area contributed by atoms with E-state index >= 15 is 0 Å². The third-order valence-corrected chi connectivity index (χ3v) is 3.45. The molecule has 2 heterocycles. The minimum atomic E-state index is -0.600. The fraction of sp³-hybridized carbons (Fsp3) is 0.100. The van der Waals surface area contributed by atoms with Crippen LogP contribution in [0.4, 0.5) is 0 Å². The Morgan fingerprint density at radius 2 is 2.12 bits per heavy atom. The molecule has 2 aromatic rings. The van der Waals surface area contributed by atoms with E-state index in [0.717, 1.165) is 10.6 Å². The fourth-order valence-electron chi connectivity index (χ4n) is 1.39. The average Bonchev–Trinajstić information content (AvgIpc) is 2.63. The molecule has 0 aliphatic heterocycles. The highest BCUT2D eigenvalue weighted by atomic mass is 35.5. The van der Waals surface area contributed by atoms with Gasteiger partial charge in [-0.3, -0.25) is 4.79 Å². The van der Waals surface area contributed by atoms with Crippen LogP contribution in [0.25, 0.3) is 10.4 Å². The van der Waals surface area contributed by atoms with E-state index in [4.69, 9.17) is 28.9 Å². The predicted octanol–water partition coefficient (Wildman–Crippen LogP) is 2.92. The number of primary amides is 1. The number of aromatic nitrogens is 2. The first-order valence-corrected chi connectivity index (χ1v) is 6.11. The van der Waals surface area contributed by atoms with Crippen LogP contribution in [-0.2, 0) is 0 Å². The molecule has 2 aromatic heterocycles. The van der Waals surface area contributed by atoms with Crippen LogP contribution in [0.3, 0.4) is 0 Å². The van der Waals surface area contributed by atoms with Gasteiger partial charge in [-0.05, 0) is 30.6 Å². The lowest BCUT2D eigenvalue weighted by Gasteiger charge is -2.06. The van der Waals surface area contributed by atoms with Crippen molar-refractivity contribution in [2.75, 3.05) is 0 Å². The first-order chi connectivity index (χ1) is 7.99. The maximum atomic E-state index is 11.4. The van der Waals surface area contributed by atoms with Gasteiger partial charge in [0.25, 0.3) is 0 Å². The molecule has 0 radical (unpaired) electrons. The van der Waals surface area contributed by atoms with Crippen LogP contribution in [0, 0.1) is 6.92 Å². The summed E-state index contributed by atoms with van der Waals surface area (Å²) in [5, 5.41) is 0.281. The van der Waals surface area contributed by atoms with Crippen LogP contribution >= 0.6 is 34.7 Å². The highest BCUT2D eigenvalue weighted by molar-refractivity contribution is 7.09. The Hall–Kier alpha value is -1.17. The van der Waals surface area contributed by atoms with E-state index < -0.39 is 5.91 Å². The average molecular weight is 288 g/mol. The van der Waals surface area contributed by atoms with Crippen molar-refractivity contribution in [2.45, 2.75) is 6.92 Å². The molecule has 0 unspecified atom stereocenters. The second-order valence-corrected chi connectivity index (χ2v) is 4.91. The SMILES string of the molecule is Cc1cc(-c2c(C(N)=O)cc(Cl)nc2Cl)sn1. The molecule has 0 spiro atoms. The molecule has 7 heteroatoms. The summed E-state index contributed by atoms with van der Waals surface area (Å²) in [4.78, 5) is 16.0. The molecular formula is C10H7Cl2N3OS. The summed E-state index contributed by atoms with van der Waals surface area (Å²) < 4.78 is 4.13. The Bertz CT molecular complexity index is 597. The van der Waals surface area contributed by atoms with Crippen LogP contribution in [0.2, 0.25) is 10.3 Å². The van der Waals surface area contributed by atoms with E-state index in [1.807, 2.05) is 13.0 Å². The van der Waals surface area contributed by atoms with Crippen LogP contribution in [0.5, 0.6) is 0 Å². The van der Waals surface area contributed by atoms with Gasteiger partial charge < -0.3 is 5.73 Å². The van der Waals surface area contributed by atoms with Crippen LogP contribution in [0.15, 0.2) is 12.1 Å². The van der Waals surface area contributed by atoms with Gasteiger partial charge in [0, 0.05) is 5.56 Å². The Morgan fingerprint density at radius 3 is 2.65 bits per heavy atom. The van der Waals surface area contributed by atoms with Crippen molar-refractivity contribution in [1.82, 2.24) is 9.36 Å². The number of nitrogens with two attached hydrogens (primary N) is 1. The van der Waals surface area contributed by atoms with Crippen molar-refractivity contribution < 1.29 is 4.79 Å². The molecule has 88 valence electrons. The largest absolute Gasteiger partial charge is 0.366 e. The second-order valence-electron chi connectivity index (χ2n) is 3.36. The number of rotatable bonds is 2. The van der Waals surface area contributed by atoms with Crippen molar-refractivity contribution in [3.63, 3.8) is 0 Å². The van der Waals surface area contributed by atoms with Crippen molar-refractivity contribution in [3.8, 4) is 10.4 Å². The molecular weight excluding hydrogens is 281 g/mol. The Kier molecular flexibility index (Phi) is 3.33. The van der Waals surface area contributed by atoms with Gasteiger partial charge in [-0.2, -0.15) is 4.37 Å². The zero-order chi connectivity index (χ0) is 12.6. The molecule has 0 atom stereocenters. The minimum Gasteiger partial charge on any atom is -0.366 e. The number of carbonyl (C=O) groups excluding carboxylic acids is 1. The summed E-state index contributed by atoms with van der Waals surface area (Å²) in [5.74, 6) is -0.600. The highest BCUT2D eigenvalue weighted by Crippen LogP contribution is 2.34. The van der Waals surface area contributed by atoms with Gasteiger partial charge in [0.15, 0.2) is 0 Å². The third kappa shape index (κ3) is 2.41. The van der Waals surface area contributed by atoms with Crippen LogP contribution in [-0.4, -0.2) is 15.3 Å². The lowest BCUT2D eigenvalue weighted by atomic mass is 10.1. The third-order valence-electron chi connectivity index (χ3n) is 2.08. The quantitative estimate of drug-likeness (QED) is 0.864. The molecule has 0 fully saturated rings. The molecule has 2 rings (SSSR count). The lowest BCUT2D eigenvalue weighted by molar-refractivity contribution is 0.100. The fourth-order valence-corrected chi connectivity index (χ4v) is 2.80. The maximum absolute atomic E-state index is 11.4. The number of halogens is 2. The highest BCUT2D eigenvalue weighted by Gasteiger charge is 2.18. The topological polar surface area (TPSA) is 68.9 Å². The van der Waals surface area contributed by atoms with Gasteiger partial charge >= 0.3 is 0 Å². The van der Waals surface area contributed by atoms with Gasteiger partial charge in [0.1, 0.15) is 10.3 Å². The van der Waals surface area contributed by atoms with Crippen LogP contribution < -0.4 is 5.73 Å². The first-order valence-electron chi connectivity index (χ1n) is 4.58. The molecule has 17 heavy (non-hydrogen) atoms. The normalized spacial score (nSPS) is 10.5. The second kappa shape index (κ2) is 4.60. The summed E-state index contributed by atoms with van der Waals surface area (Å²) in [7, 11) is 0. The summed E-state index contributed by atoms with van der Waals surface area (Å²) in [6.07, 6.45) is 0. The van der Waals surface area contributed by atoms with Gasteiger partial charge in [0.2, 0.25) is 5.91 Å². The van der Waals surface area contributed by atoms with Gasteiger partial charge in [-0.25, -0.2) is 4.98 Å². The predicted molar refractivity (Wildman–Crippen MR) is 68.6 cm³/mol. The van der Waals surface area contributed by atoms with Crippen molar-refractivity contribution in [2.24, 2.45) is 5.73 Å². The van der Waals surface area contributed by atoms with E-state index in [1.165, 1.54) is 17.6 Å². The van der Waals surface area contributed by atoms with E-state index in [0.29, 0.717) is 5.56 Å². The van der Waals surface area contributed by atoms with Crippen molar-refractivity contribution in [3.05, 3.63) is 33.7 Å². The van der Waals surface area contributed by atoms with Crippen molar-refractivity contribution in [1.29, 1.82) is 0 Å². The van der Waals surface area contributed by atoms with E-state index in [-0.39, 0.29) is 15.9 Å². The molecule has 0 aliphatic rings. The summed E-state index contributed by atoms with van der Waals surface area (Å²) in [6.45, 7) is 1.85. The Labute approximate surface area is 112 Å². The lowest BCUT2D eigenvalue weighted by Crippen LogP contribution is -2.13. The van der Waals surface area contributed by atoms with E-state index in [2.05, 4.69) is 9.36 Å². The number of amides is 1. The van der Waals surface area contributed by atoms with Gasteiger partial charge in [0.05, 0.1) is 16.1 Å². The summed E-state index contributed by atoms with van der Waals surface area (Å²) in [6, 6.07) is 3.22. The maximum Gasteiger partial charge on any atom is 0.249 e. The summed E-state index contributed by atoms with van der Waals surface area (Å²) in [5.41, 5.74) is 6.87. The van der Waals surface area contributed by atoms with Gasteiger partial charge in [-0.1, -0.05) is 23.2 Å². The molecule has 0 aliphatic carbocycles. The first kappa shape index (κ1) is 12.3. The molecule has 0 bridgehead atoms. The number of pyridine rings is 1. The Morgan fingerprint density at radius 1 is 1.41 bits per heavy atom. The van der Waals surface area contributed by atoms with Crippen molar-refractivity contribution >= 4 is 40.6 Å². The number of aryl methyl sites for hydroxylation is 1. The molecule has 0 aromatic carbocycles. The number of carbonyl (C=O) groups is 1. The summed E-state index contributed by atoms with van der Waals surface area (Å²) >= 11 is 13.0. The molecule has 1 amide bonds. The number of hydrogen-bond donors (Lipinski definition) is 1.